The van der Waals surface area contributed by atoms with Gasteiger partial charge in [0.05, 0.1) is 13.2 Å². The third kappa shape index (κ3) is 4.07. The highest BCUT2D eigenvalue weighted by atomic mass is 19.2. The van der Waals surface area contributed by atoms with Crippen molar-refractivity contribution in [3.63, 3.8) is 0 Å². The molecule has 1 aliphatic heterocycles. The van der Waals surface area contributed by atoms with Crippen LogP contribution in [-0.4, -0.2) is 13.2 Å². The maximum Gasteiger partial charge on any atom is 0.194 e. The van der Waals surface area contributed by atoms with E-state index in [0.717, 1.165) is 18.1 Å². The minimum Gasteiger partial charge on any atom is -0.348 e. The van der Waals surface area contributed by atoms with Crippen LogP contribution in [0.3, 0.4) is 0 Å². The standard InChI is InChI=1S/C17H21F3O2.CH4/c1-10-2-4-11(5-3-10)13-8-21-17(22-9-13)12-6-14(18)16(20)15(19)7-12;/h6-7,10-11,13,17H,2-5,8-9H2,1H3;1H4. The van der Waals surface area contributed by atoms with E-state index >= 15 is 0 Å². The highest BCUT2D eigenvalue weighted by molar-refractivity contribution is 5.20. The normalized spacial score (nSPS) is 31.5. The molecule has 0 bridgehead atoms. The summed E-state index contributed by atoms with van der Waals surface area (Å²) in [7, 11) is 0. The molecule has 1 saturated heterocycles. The van der Waals surface area contributed by atoms with E-state index in [1.807, 2.05) is 0 Å². The summed E-state index contributed by atoms with van der Waals surface area (Å²) in [6.45, 7) is 3.31. The first kappa shape index (κ1) is 18.3. The molecule has 1 aromatic carbocycles. The van der Waals surface area contributed by atoms with Crippen LogP contribution in [0.25, 0.3) is 0 Å². The zero-order valence-corrected chi connectivity index (χ0v) is 12.7. The fraction of sp³-hybridized carbons (Fsp3) is 0.667. The maximum absolute atomic E-state index is 13.3. The number of hydrogen-bond acceptors (Lipinski definition) is 2. The van der Waals surface area contributed by atoms with Gasteiger partial charge < -0.3 is 9.47 Å². The molecule has 0 N–H and O–H groups in total. The molecule has 1 aromatic rings. The van der Waals surface area contributed by atoms with Gasteiger partial charge in [0, 0.05) is 11.5 Å². The second-order valence-corrected chi connectivity index (χ2v) is 6.58. The number of rotatable bonds is 2. The predicted molar refractivity (Wildman–Crippen MR) is 82.3 cm³/mol. The predicted octanol–water partition coefficient (Wildman–Crippen LogP) is 5.23. The zero-order valence-electron chi connectivity index (χ0n) is 12.7. The van der Waals surface area contributed by atoms with Gasteiger partial charge in [-0.25, -0.2) is 13.2 Å². The Morgan fingerprint density at radius 1 is 0.870 bits per heavy atom. The summed E-state index contributed by atoms with van der Waals surface area (Å²) in [5, 5.41) is 0. The van der Waals surface area contributed by atoms with E-state index in [9.17, 15) is 13.2 Å². The fourth-order valence-corrected chi connectivity index (χ4v) is 3.45. The molecule has 0 atom stereocenters. The van der Waals surface area contributed by atoms with Gasteiger partial charge in [0.25, 0.3) is 0 Å². The molecule has 0 amide bonds. The summed E-state index contributed by atoms with van der Waals surface area (Å²) in [6, 6.07) is 1.87. The van der Waals surface area contributed by atoms with Crippen LogP contribution in [0.4, 0.5) is 13.2 Å². The average Bonchev–Trinajstić information content (AvgIpc) is 2.53. The molecular formula is C18H25F3O2. The lowest BCUT2D eigenvalue weighted by Crippen LogP contribution is -2.34. The molecule has 0 unspecified atom stereocenters. The Morgan fingerprint density at radius 2 is 1.39 bits per heavy atom. The minimum absolute atomic E-state index is 0. The molecular weight excluding hydrogens is 305 g/mol. The number of hydrogen-bond donors (Lipinski definition) is 0. The fourth-order valence-electron chi connectivity index (χ4n) is 3.45. The molecule has 130 valence electrons. The van der Waals surface area contributed by atoms with Gasteiger partial charge in [-0.05, 0) is 36.8 Å². The maximum atomic E-state index is 13.3. The minimum atomic E-state index is -1.46. The zero-order chi connectivity index (χ0) is 15.7. The average molecular weight is 330 g/mol. The molecule has 0 aromatic heterocycles. The van der Waals surface area contributed by atoms with Crippen molar-refractivity contribution in [2.75, 3.05) is 13.2 Å². The second kappa shape index (κ2) is 7.67. The van der Waals surface area contributed by atoms with Gasteiger partial charge in [-0.1, -0.05) is 27.2 Å². The van der Waals surface area contributed by atoms with Gasteiger partial charge in [0.1, 0.15) is 0 Å². The van der Waals surface area contributed by atoms with Crippen LogP contribution in [0.2, 0.25) is 0 Å². The Hall–Kier alpha value is -1.07. The van der Waals surface area contributed by atoms with E-state index in [1.54, 1.807) is 0 Å². The van der Waals surface area contributed by atoms with Crippen LogP contribution in [0.15, 0.2) is 12.1 Å². The van der Waals surface area contributed by atoms with Crippen molar-refractivity contribution in [3.05, 3.63) is 35.1 Å². The molecule has 1 aliphatic carbocycles. The molecule has 5 heteroatoms. The topological polar surface area (TPSA) is 18.5 Å². The van der Waals surface area contributed by atoms with Crippen LogP contribution in [0.5, 0.6) is 0 Å². The Labute approximate surface area is 136 Å². The van der Waals surface area contributed by atoms with Crippen molar-refractivity contribution in [1.29, 1.82) is 0 Å². The van der Waals surface area contributed by atoms with E-state index in [2.05, 4.69) is 6.92 Å². The van der Waals surface area contributed by atoms with Crippen molar-refractivity contribution in [2.45, 2.75) is 46.3 Å². The number of halogens is 3. The van der Waals surface area contributed by atoms with Crippen molar-refractivity contribution in [3.8, 4) is 0 Å². The number of ether oxygens (including phenoxy) is 2. The van der Waals surface area contributed by atoms with Crippen molar-refractivity contribution in [1.82, 2.24) is 0 Å². The Bertz CT molecular complexity index is 496. The lowest BCUT2D eigenvalue weighted by atomic mass is 9.76. The molecule has 23 heavy (non-hydrogen) atoms. The van der Waals surface area contributed by atoms with E-state index in [4.69, 9.17) is 9.47 Å². The monoisotopic (exact) mass is 330 g/mol. The van der Waals surface area contributed by atoms with Crippen LogP contribution in [0.1, 0.15) is 51.9 Å². The van der Waals surface area contributed by atoms with Gasteiger partial charge in [-0.15, -0.1) is 0 Å². The summed E-state index contributed by atoms with van der Waals surface area (Å²) in [4.78, 5) is 0. The number of benzene rings is 1. The quantitative estimate of drug-likeness (QED) is 0.692. The van der Waals surface area contributed by atoms with Gasteiger partial charge in [-0.2, -0.15) is 0 Å². The molecule has 1 heterocycles. The van der Waals surface area contributed by atoms with E-state index in [-0.39, 0.29) is 13.0 Å². The molecule has 0 spiro atoms. The summed E-state index contributed by atoms with van der Waals surface area (Å²) < 4.78 is 50.8. The van der Waals surface area contributed by atoms with Crippen molar-refractivity contribution >= 4 is 0 Å². The van der Waals surface area contributed by atoms with Gasteiger partial charge in [-0.3, -0.25) is 0 Å². The van der Waals surface area contributed by atoms with E-state index < -0.39 is 23.7 Å². The Morgan fingerprint density at radius 3 is 1.91 bits per heavy atom. The summed E-state index contributed by atoms with van der Waals surface area (Å²) in [5.74, 6) is -2.18. The van der Waals surface area contributed by atoms with E-state index in [0.29, 0.717) is 25.0 Å². The molecule has 3 rings (SSSR count). The van der Waals surface area contributed by atoms with Gasteiger partial charge >= 0.3 is 0 Å². The summed E-state index contributed by atoms with van der Waals surface area (Å²) in [5.41, 5.74) is 0.187. The van der Waals surface area contributed by atoms with Crippen LogP contribution < -0.4 is 0 Å². The van der Waals surface area contributed by atoms with Gasteiger partial charge in [0.2, 0.25) is 0 Å². The lowest BCUT2D eigenvalue weighted by molar-refractivity contribution is -0.214. The molecule has 1 saturated carbocycles. The first-order valence-corrected chi connectivity index (χ1v) is 7.92. The summed E-state index contributed by atoms with van der Waals surface area (Å²) >= 11 is 0. The Balaban J connectivity index is 0.00000192. The van der Waals surface area contributed by atoms with Gasteiger partial charge in [0.15, 0.2) is 23.7 Å². The van der Waals surface area contributed by atoms with Crippen LogP contribution >= 0.6 is 0 Å². The second-order valence-electron chi connectivity index (χ2n) is 6.58. The van der Waals surface area contributed by atoms with Crippen LogP contribution in [-0.2, 0) is 9.47 Å². The SMILES string of the molecule is C.CC1CCC(C2COC(c3cc(F)c(F)c(F)c3)OC2)CC1. The molecule has 2 fully saturated rings. The molecule has 2 aliphatic rings. The third-order valence-corrected chi connectivity index (χ3v) is 4.93. The first-order valence-electron chi connectivity index (χ1n) is 7.92. The van der Waals surface area contributed by atoms with E-state index in [1.165, 1.54) is 25.7 Å². The summed E-state index contributed by atoms with van der Waals surface area (Å²) in [6.07, 6.45) is 4.02. The smallest absolute Gasteiger partial charge is 0.194 e. The van der Waals surface area contributed by atoms with Crippen LogP contribution in [0, 0.1) is 35.2 Å². The highest BCUT2D eigenvalue weighted by Crippen LogP contribution is 2.37. The highest BCUT2D eigenvalue weighted by Gasteiger charge is 2.32. The third-order valence-electron chi connectivity index (χ3n) is 4.93. The van der Waals surface area contributed by atoms with Crippen molar-refractivity contribution < 1.29 is 22.6 Å². The first-order chi connectivity index (χ1) is 10.5. The van der Waals surface area contributed by atoms with Crippen molar-refractivity contribution in [2.24, 2.45) is 17.8 Å². The molecule has 2 nitrogen and oxygen atoms in total. The Kier molecular flexibility index (Phi) is 6.09. The lowest BCUT2D eigenvalue weighted by Gasteiger charge is -2.37. The largest absolute Gasteiger partial charge is 0.348 e. The molecule has 0 radical (unpaired) electrons.